The molecule has 0 aliphatic heterocycles. The fraction of sp³-hybridized carbons (Fsp3) is 0.700. The molecule has 9 heteroatoms. The standard InChI is InChI=1S/C20H36N4O4.HI/c1-7-21-17(22-11-9-12-26-14-16-10-8-13-27-16)23-15-20(5,6)24-18(25)28-19(2,3)4;/h8,10,13H,7,9,11-12,14-15H2,1-6H3,(H,24,25)(H2,21,22,23);1H. The fourth-order valence-electron chi connectivity index (χ4n) is 2.19. The molecule has 1 aromatic rings. The van der Waals surface area contributed by atoms with Crippen LogP contribution in [0.3, 0.4) is 0 Å². The van der Waals surface area contributed by atoms with Gasteiger partial charge < -0.3 is 29.8 Å². The van der Waals surface area contributed by atoms with Crippen molar-refractivity contribution >= 4 is 36.0 Å². The first-order valence-corrected chi connectivity index (χ1v) is 9.75. The molecular formula is C20H37IN4O4. The summed E-state index contributed by atoms with van der Waals surface area (Å²) in [6, 6.07) is 3.74. The number of guanidine groups is 1. The van der Waals surface area contributed by atoms with Crippen LogP contribution in [0.25, 0.3) is 0 Å². The zero-order valence-corrected chi connectivity index (χ0v) is 20.8. The summed E-state index contributed by atoms with van der Waals surface area (Å²) in [4.78, 5) is 16.5. The molecule has 1 rings (SSSR count). The molecule has 0 aromatic carbocycles. The van der Waals surface area contributed by atoms with Crippen molar-refractivity contribution in [1.29, 1.82) is 0 Å². The van der Waals surface area contributed by atoms with Crippen molar-refractivity contribution < 1.29 is 18.7 Å². The molecular weight excluding hydrogens is 487 g/mol. The number of hydrogen-bond acceptors (Lipinski definition) is 5. The smallest absolute Gasteiger partial charge is 0.408 e. The van der Waals surface area contributed by atoms with E-state index in [-0.39, 0.29) is 24.0 Å². The lowest BCUT2D eigenvalue weighted by molar-refractivity contribution is 0.0476. The van der Waals surface area contributed by atoms with E-state index >= 15 is 0 Å². The maximum atomic E-state index is 12.0. The van der Waals surface area contributed by atoms with E-state index in [0.717, 1.165) is 25.3 Å². The molecule has 8 nitrogen and oxygen atoms in total. The number of nitrogens with zero attached hydrogens (tertiary/aromatic N) is 1. The molecule has 0 unspecified atom stereocenters. The van der Waals surface area contributed by atoms with Crippen molar-refractivity contribution in [3.8, 4) is 0 Å². The third-order valence-electron chi connectivity index (χ3n) is 3.40. The average molecular weight is 524 g/mol. The number of alkyl carbamates (subject to hydrolysis) is 1. The number of halogens is 1. The molecule has 0 atom stereocenters. The Hall–Kier alpha value is -1.49. The zero-order chi connectivity index (χ0) is 21.0. The van der Waals surface area contributed by atoms with Crippen LogP contribution in [0.2, 0.25) is 0 Å². The van der Waals surface area contributed by atoms with Crippen molar-refractivity contribution in [3.05, 3.63) is 24.2 Å². The highest BCUT2D eigenvalue weighted by atomic mass is 127. The molecule has 0 fully saturated rings. The molecule has 0 aliphatic carbocycles. The van der Waals surface area contributed by atoms with Gasteiger partial charge in [-0.1, -0.05) is 0 Å². The van der Waals surface area contributed by atoms with Crippen LogP contribution in [0.15, 0.2) is 27.8 Å². The Labute approximate surface area is 191 Å². The van der Waals surface area contributed by atoms with Gasteiger partial charge in [-0.05, 0) is 60.1 Å². The molecule has 0 bridgehead atoms. The predicted molar refractivity (Wildman–Crippen MR) is 126 cm³/mol. The predicted octanol–water partition coefficient (Wildman–Crippen LogP) is 3.66. The van der Waals surface area contributed by atoms with Gasteiger partial charge in [0.15, 0.2) is 5.96 Å². The van der Waals surface area contributed by atoms with Crippen LogP contribution in [0, 0.1) is 0 Å². The largest absolute Gasteiger partial charge is 0.467 e. The molecule has 3 N–H and O–H groups in total. The highest BCUT2D eigenvalue weighted by Crippen LogP contribution is 2.09. The summed E-state index contributed by atoms with van der Waals surface area (Å²) in [6.07, 6.45) is 2.03. The zero-order valence-electron chi connectivity index (χ0n) is 18.5. The van der Waals surface area contributed by atoms with E-state index in [1.807, 2.05) is 53.7 Å². The van der Waals surface area contributed by atoms with E-state index in [1.165, 1.54) is 0 Å². The van der Waals surface area contributed by atoms with Gasteiger partial charge in [-0.25, -0.2) is 4.79 Å². The summed E-state index contributed by atoms with van der Waals surface area (Å²) < 4.78 is 16.1. The van der Waals surface area contributed by atoms with Gasteiger partial charge in [0.2, 0.25) is 0 Å². The second-order valence-electron chi connectivity index (χ2n) is 8.12. The van der Waals surface area contributed by atoms with E-state index in [2.05, 4.69) is 20.9 Å². The molecule has 0 aliphatic rings. The van der Waals surface area contributed by atoms with Gasteiger partial charge in [0, 0.05) is 19.7 Å². The summed E-state index contributed by atoms with van der Waals surface area (Å²) in [5.74, 6) is 1.52. The van der Waals surface area contributed by atoms with E-state index < -0.39 is 17.2 Å². The Balaban J connectivity index is 0.00000784. The first-order chi connectivity index (χ1) is 13.1. The van der Waals surface area contributed by atoms with Crippen molar-refractivity contribution in [2.24, 2.45) is 4.99 Å². The van der Waals surface area contributed by atoms with Gasteiger partial charge in [0.25, 0.3) is 0 Å². The number of hydrogen-bond donors (Lipinski definition) is 3. The minimum Gasteiger partial charge on any atom is -0.467 e. The van der Waals surface area contributed by atoms with Crippen LogP contribution in [0.1, 0.15) is 53.7 Å². The van der Waals surface area contributed by atoms with Gasteiger partial charge in [0.05, 0.1) is 18.3 Å². The Morgan fingerprint density at radius 1 is 1.21 bits per heavy atom. The topological polar surface area (TPSA) is 97.1 Å². The summed E-state index contributed by atoms with van der Waals surface area (Å²) in [7, 11) is 0. The van der Waals surface area contributed by atoms with Gasteiger partial charge in [-0.15, -0.1) is 24.0 Å². The summed E-state index contributed by atoms with van der Waals surface area (Å²) in [5, 5.41) is 9.32. The fourth-order valence-corrected chi connectivity index (χ4v) is 2.19. The van der Waals surface area contributed by atoms with Crippen molar-refractivity contribution in [1.82, 2.24) is 16.0 Å². The van der Waals surface area contributed by atoms with Crippen molar-refractivity contribution in [2.75, 3.05) is 26.2 Å². The summed E-state index contributed by atoms with van der Waals surface area (Å²) in [6.45, 7) is 14.3. The second kappa shape index (κ2) is 13.7. The first kappa shape index (κ1) is 27.5. The molecule has 0 saturated heterocycles. The number of rotatable bonds is 10. The minimum absolute atomic E-state index is 0. The van der Waals surface area contributed by atoms with E-state index in [9.17, 15) is 4.79 Å². The highest BCUT2D eigenvalue weighted by molar-refractivity contribution is 14.0. The van der Waals surface area contributed by atoms with Gasteiger partial charge in [0.1, 0.15) is 18.0 Å². The highest BCUT2D eigenvalue weighted by Gasteiger charge is 2.24. The number of amides is 1. The van der Waals surface area contributed by atoms with Crippen LogP contribution >= 0.6 is 24.0 Å². The van der Waals surface area contributed by atoms with Gasteiger partial charge in [-0.2, -0.15) is 0 Å². The summed E-state index contributed by atoms with van der Waals surface area (Å²) >= 11 is 0. The van der Waals surface area contributed by atoms with E-state index in [4.69, 9.17) is 13.9 Å². The second-order valence-corrected chi connectivity index (χ2v) is 8.12. The third kappa shape index (κ3) is 14.2. The van der Waals surface area contributed by atoms with E-state index in [1.54, 1.807) is 6.26 Å². The molecule has 0 spiro atoms. The molecule has 1 amide bonds. The number of carbonyl (C=O) groups is 1. The normalized spacial score (nSPS) is 12.1. The van der Waals surface area contributed by atoms with Crippen molar-refractivity contribution in [3.63, 3.8) is 0 Å². The summed E-state index contributed by atoms with van der Waals surface area (Å²) in [5.41, 5.74) is -1.06. The number of aliphatic imine (C=N–C) groups is 1. The van der Waals surface area contributed by atoms with Crippen LogP contribution < -0.4 is 16.0 Å². The van der Waals surface area contributed by atoms with Gasteiger partial charge in [-0.3, -0.25) is 4.99 Å². The lowest BCUT2D eigenvalue weighted by atomic mass is 10.1. The molecule has 1 aromatic heterocycles. The average Bonchev–Trinajstić information content (AvgIpc) is 3.06. The SMILES string of the molecule is CCNC(=NCC(C)(C)NC(=O)OC(C)(C)C)NCCCOCc1ccco1.I. The number of furan rings is 1. The number of carbonyl (C=O) groups excluding carboxylic acids is 1. The Bertz CT molecular complexity index is 598. The molecule has 29 heavy (non-hydrogen) atoms. The molecule has 0 radical (unpaired) electrons. The number of nitrogens with one attached hydrogen (secondary N) is 3. The lowest BCUT2D eigenvalue weighted by Gasteiger charge is -2.27. The third-order valence-corrected chi connectivity index (χ3v) is 3.40. The maximum absolute atomic E-state index is 12.0. The van der Waals surface area contributed by atoms with Gasteiger partial charge >= 0.3 is 6.09 Å². The van der Waals surface area contributed by atoms with Crippen molar-refractivity contribution in [2.45, 2.75) is 65.7 Å². The molecule has 168 valence electrons. The van der Waals surface area contributed by atoms with Crippen LogP contribution in [-0.4, -0.2) is 49.4 Å². The molecule has 0 saturated carbocycles. The maximum Gasteiger partial charge on any atom is 0.408 e. The van der Waals surface area contributed by atoms with Crippen LogP contribution in [-0.2, 0) is 16.1 Å². The lowest BCUT2D eigenvalue weighted by Crippen LogP contribution is -2.49. The van der Waals surface area contributed by atoms with Crippen LogP contribution in [0.4, 0.5) is 4.79 Å². The number of ether oxygens (including phenoxy) is 2. The minimum atomic E-state index is -0.531. The quantitative estimate of drug-likeness (QED) is 0.187. The Kier molecular flexibility index (Phi) is 13.0. The van der Waals surface area contributed by atoms with Crippen LogP contribution in [0.5, 0.6) is 0 Å². The Morgan fingerprint density at radius 3 is 2.52 bits per heavy atom. The monoisotopic (exact) mass is 524 g/mol. The molecule has 1 heterocycles. The Morgan fingerprint density at radius 2 is 1.93 bits per heavy atom. The van der Waals surface area contributed by atoms with E-state index in [0.29, 0.717) is 25.7 Å². The first-order valence-electron chi connectivity index (χ1n) is 9.75.